The molecule has 0 spiro atoms. The third-order valence-electron chi connectivity index (χ3n) is 5.31. The molecule has 2 amide bonds. The maximum absolute atomic E-state index is 13.3. The van der Waals surface area contributed by atoms with Crippen molar-refractivity contribution in [1.29, 1.82) is 0 Å². The van der Waals surface area contributed by atoms with E-state index in [1.165, 1.54) is 11.9 Å². The lowest BCUT2D eigenvalue weighted by Crippen LogP contribution is -2.50. The molecular weight excluding hydrogens is 414 g/mol. The van der Waals surface area contributed by atoms with Gasteiger partial charge in [0.1, 0.15) is 12.6 Å². The first kappa shape index (κ1) is 24.4. The van der Waals surface area contributed by atoms with Gasteiger partial charge in [-0.25, -0.2) is 8.42 Å². The van der Waals surface area contributed by atoms with E-state index in [0.717, 1.165) is 32.8 Å². The number of rotatable bonds is 8. The molecule has 0 aromatic heterocycles. The van der Waals surface area contributed by atoms with Gasteiger partial charge in [0.25, 0.3) is 0 Å². The molecule has 0 aliphatic heterocycles. The van der Waals surface area contributed by atoms with E-state index in [9.17, 15) is 18.0 Å². The van der Waals surface area contributed by atoms with E-state index in [0.29, 0.717) is 5.69 Å². The Morgan fingerprint density at radius 1 is 1.03 bits per heavy atom. The lowest BCUT2D eigenvalue weighted by Gasteiger charge is -2.31. The van der Waals surface area contributed by atoms with Gasteiger partial charge >= 0.3 is 0 Å². The molecule has 0 heterocycles. The Balaban J connectivity index is 2.40. The Kier molecular flexibility index (Phi) is 7.84. The van der Waals surface area contributed by atoms with Gasteiger partial charge in [-0.1, -0.05) is 35.9 Å². The summed E-state index contributed by atoms with van der Waals surface area (Å²) in [7, 11) is -2.22. The number of hydrogen-bond acceptors (Lipinski definition) is 4. The minimum absolute atomic E-state index is 0.194. The monoisotopic (exact) mass is 445 g/mol. The summed E-state index contributed by atoms with van der Waals surface area (Å²) >= 11 is 0. The van der Waals surface area contributed by atoms with Crippen molar-refractivity contribution in [2.75, 3.05) is 24.2 Å². The smallest absolute Gasteiger partial charge is 0.244 e. The van der Waals surface area contributed by atoms with Crippen molar-refractivity contribution < 1.29 is 18.0 Å². The van der Waals surface area contributed by atoms with Gasteiger partial charge < -0.3 is 10.2 Å². The van der Waals surface area contributed by atoms with Gasteiger partial charge in [0.2, 0.25) is 21.8 Å². The molecule has 31 heavy (non-hydrogen) atoms. The van der Waals surface area contributed by atoms with Crippen LogP contribution in [0.25, 0.3) is 0 Å². The zero-order valence-electron chi connectivity index (χ0n) is 19.0. The third kappa shape index (κ3) is 6.30. The summed E-state index contributed by atoms with van der Waals surface area (Å²) in [5.41, 5.74) is 4.26. The number of likely N-dealkylation sites (N-methyl/N-ethyl adjacent to an activating group) is 1. The second-order valence-corrected chi connectivity index (χ2v) is 9.75. The number of carbonyl (C=O) groups excluding carboxylic acids is 2. The quantitative estimate of drug-likeness (QED) is 0.677. The van der Waals surface area contributed by atoms with Crippen LogP contribution in [0.5, 0.6) is 0 Å². The number of aryl methyl sites for hydroxylation is 3. The van der Waals surface area contributed by atoms with Crippen molar-refractivity contribution in [1.82, 2.24) is 10.2 Å². The van der Waals surface area contributed by atoms with Crippen LogP contribution in [0, 0.1) is 20.8 Å². The average molecular weight is 446 g/mol. The van der Waals surface area contributed by atoms with Crippen LogP contribution in [0.2, 0.25) is 0 Å². The first-order valence-electron chi connectivity index (χ1n) is 10.1. The van der Waals surface area contributed by atoms with Crippen LogP contribution in [-0.4, -0.2) is 51.0 Å². The highest BCUT2D eigenvalue weighted by molar-refractivity contribution is 7.92. The highest BCUT2D eigenvalue weighted by Gasteiger charge is 2.29. The zero-order chi connectivity index (χ0) is 23.3. The first-order chi connectivity index (χ1) is 14.4. The van der Waals surface area contributed by atoms with Crippen molar-refractivity contribution >= 4 is 27.5 Å². The summed E-state index contributed by atoms with van der Waals surface area (Å²) in [6.45, 7) is 7.20. The van der Waals surface area contributed by atoms with Crippen LogP contribution < -0.4 is 9.62 Å². The van der Waals surface area contributed by atoms with Crippen LogP contribution in [0.4, 0.5) is 5.69 Å². The largest absolute Gasteiger partial charge is 0.357 e. The standard InChI is InChI=1S/C23H31N3O4S/c1-16-8-7-9-20(12-16)14-25(19(4)23(28)24-5)22(27)15-26(31(6,29)30)21-11-10-17(2)18(3)13-21/h7-13,19H,14-15H2,1-6H3,(H,24,28). The number of anilines is 1. The van der Waals surface area contributed by atoms with Crippen molar-refractivity contribution in [3.63, 3.8) is 0 Å². The van der Waals surface area contributed by atoms with Gasteiger partial charge in [0.05, 0.1) is 11.9 Å². The van der Waals surface area contributed by atoms with Crippen molar-refractivity contribution in [3.05, 3.63) is 64.7 Å². The summed E-state index contributed by atoms with van der Waals surface area (Å²) in [6.07, 6.45) is 1.07. The molecule has 1 N–H and O–H groups in total. The van der Waals surface area contributed by atoms with E-state index >= 15 is 0 Å². The number of nitrogens with one attached hydrogen (secondary N) is 1. The fraction of sp³-hybridized carbons (Fsp3) is 0.391. The molecule has 0 fully saturated rings. The van der Waals surface area contributed by atoms with E-state index in [-0.39, 0.29) is 12.5 Å². The van der Waals surface area contributed by atoms with Crippen molar-refractivity contribution in [2.24, 2.45) is 0 Å². The van der Waals surface area contributed by atoms with Gasteiger partial charge in [-0.05, 0) is 56.5 Å². The molecule has 168 valence electrons. The molecule has 7 nitrogen and oxygen atoms in total. The predicted molar refractivity (Wildman–Crippen MR) is 123 cm³/mol. The topological polar surface area (TPSA) is 86.8 Å². The predicted octanol–water partition coefficient (Wildman–Crippen LogP) is 2.54. The molecule has 2 aromatic carbocycles. The normalized spacial score (nSPS) is 12.2. The van der Waals surface area contributed by atoms with Crippen LogP contribution in [0.1, 0.15) is 29.2 Å². The second-order valence-electron chi connectivity index (χ2n) is 7.84. The molecular formula is C23H31N3O4S. The van der Waals surface area contributed by atoms with Crippen LogP contribution in [-0.2, 0) is 26.2 Å². The Bertz CT molecular complexity index is 1070. The summed E-state index contributed by atoms with van der Waals surface area (Å²) in [5.74, 6) is -0.778. The van der Waals surface area contributed by atoms with E-state index < -0.39 is 28.5 Å². The van der Waals surface area contributed by atoms with E-state index in [2.05, 4.69) is 5.32 Å². The zero-order valence-corrected chi connectivity index (χ0v) is 19.8. The van der Waals surface area contributed by atoms with Crippen LogP contribution in [0.3, 0.4) is 0 Å². The van der Waals surface area contributed by atoms with Gasteiger partial charge in [0, 0.05) is 13.6 Å². The van der Waals surface area contributed by atoms with Gasteiger partial charge in [-0.2, -0.15) is 0 Å². The van der Waals surface area contributed by atoms with E-state index in [1.54, 1.807) is 19.1 Å². The fourth-order valence-corrected chi connectivity index (χ4v) is 4.13. The SMILES string of the molecule is CNC(=O)C(C)N(Cc1cccc(C)c1)C(=O)CN(c1ccc(C)c(C)c1)S(C)(=O)=O. The highest BCUT2D eigenvalue weighted by atomic mass is 32.2. The maximum atomic E-state index is 13.3. The molecule has 1 unspecified atom stereocenters. The van der Waals surface area contributed by atoms with Gasteiger partial charge in [-0.3, -0.25) is 13.9 Å². The molecule has 0 saturated carbocycles. The third-order valence-corrected chi connectivity index (χ3v) is 6.45. The molecule has 8 heteroatoms. The van der Waals surface area contributed by atoms with Gasteiger partial charge in [-0.15, -0.1) is 0 Å². The fourth-order valence-electron chi connectivity index (χ4n) is 3.29. The number of hydrogen-bond donors (Lipinski definition) is 1. The van der Waals surface area contributed by atoms with Gasteiger partial charge in [0.15, 0.2) is 0 Å². The Hall–Kier alpha value is -2.87. The van der Waals surface area contributed by atoms with Crippen molar-refractivity contribution in [2.45, 2.75) is 40.3 Å². The molecule has 0 aliphatic rings. The molecule has 0 aliphatic carbocycles. The van der Waals surface area contributed by atoms with E-state index in [4.69, 9.17) is 0 Å². The molecule has 0 saturated heterocycles. The summed E-state index contributed by atoms with van der Waals surface area (Å²) in [6, 6.07) is 12.1. The van der Waals surface area contributed by atoms with Crippen LogP contribution in [0.15, 0.2) is 42.5 Å². The summed E-state index contributed by atoms with van der Waals surface area (Å²) in [4.78, 5) is 27.0. The highest BCUT2D eigenvalue weighted by Crippen LogP contribution is 2.22. The molecule has 0 radical (unpaired) electrons. The molecule has 2 rings (SSSR count). The van der Waals surface area contributed by atoms with Crippen molar-refractivity contribution in [3.8, 4) is 0 Å². The number of amides is 2. The number of sulfonamides is 1. The Morgan fingerprint density at radius 3 is 2.26 bits per heavy atom. The average Bonchev–Trinajstić information content (AvgIpc) is 2.70. The summed E-state index contributed by atoms with van der Waals surface area (Å²) in [5, 5.41) is 2.56. The Labute approximate surface area is 185 Å². The first-order valence-corrected chi connectivity index (χ1v) is 11.9. The van der Waals surface area contributed by atoms with Crippen LogP contribution >= 0.6 is 0 Å². The molecule has 2 aromatic rings. The lowest BCUT2D eigenvalue weighted by molar-refractivity contribution is -0.139. The molecule has 1 atom stereocenters. The Morgan fingerprint density at radius 2 is 1.71 bits per heavy atom. The molecule has 0 bridgehead atoms. The maximum Gasteiger partial charge on any atom is 0.244 e. The number of benzene rings is 2. The lowest BCUT2D eigenvalue weighted by atomic mass is 10.1. The van der Waals surface area contributed by atoms with E-state index in [1.807, 2.05) is 51.1 Å². The number of nitrogens with zero attached hydrogens (tertiary/aromatic N) is 2. The minimum atomic E-state index is -3.72. The summed E-state index contributed by atoms with van der Waals surface area (Å²) < 4.78 is 26.1. The minimum Gasteiger partial charge on any atom is -0.357 e. The second kappa shape index (κ2) is 9.96. The number of carbonyl (C=O) groups is 2.